The number of carbonyl (C=O) groups excluding carboxylic acids is 3. The number of esters is 1. The van der Waals surface area contributed by atoms with Gasteiger partial charge in [0.1, 0.15) is 5.75 Å². The van der Waals surface area contributed by atoms with Crippen molar-refractivity contribution in [1.82, 2.24) is 10.6 Å². The number of ether oxygens (including phenoxy) is 2. The molecule has 0 heterocycles. The van der Waals surface area contributed by atoms with Gasteiger partial charge in [0, 0.05) is 5.54 Å². The summed E-state index contributed by atoms with van der Waals surface area (Å²) in [7, 11) is 0. The number of nitrogens with one attached hydrogen (secondary N) is 2. The highest BCUT2D eigenvalue weighted by Gasteiger charge is 2.22. The maximum absolute atomic E-state index is 12.1. The Morgan fingerprint density at radius 3 is 2.12 bits per heavy atom. The minimum atomic E-state index is -2.97. The van der Waals surface area contributed by atoms with E-state index in [0.29, 0.717) is 0 Å². The maximum Gasteiger partial charge on any atom is 0.387 e. The number of hydrogen-bond acceptors (Lipinski definition) is 5. The first-order chi connectivity index (χ1) is 11.5. The molecule has 0 saturated carbocycles. The molecule has 1 unspecified atom stereocenters. The molecule has 0 radical (unpaired) electrons. The van der Waals surface area contributed by atoms with Crippen LogP contribution in [-0.4, -0.2) is 36.2 Å². The van der Waals surface area contributed by atoms with E-state index in [9.17, 15) is 23.2 Å². The Labute approximate surface area is 143 Å². The minimum absolute atomic E-state index is 0.0420. The van der Waals surface area contributed by atoms with Gasteiger partial charge in [-0.3, -0.25) is 10.1 Å². The van der Waals surface area contributed by atoms with Crippen molar-refractivity contribution in [2.75, 3.05) is 0 Å². The van der Waals surface area contributed by atoms with Crippen molar-refractivity contribution in [1.29, 1.82) is 0 Å². The molecule has 138 valence electrons. The molecule has 0 saturated heterocycles. The molecule has 0 aromatic heterocycles. The molecule has 0 aliphatic rings. The molecule has 9 heteroatoms. The molecular formula is C16H20F2N2O5. The van der Waals surface area contributed by atoms with Crippen LogP contribution >= 0.6 is 0 Å². The average Bonchev–Trinajstić information content (AvgIpc) is 2.44. The number of carbonyl (C=O) groups is 3. The molecule has 1 aromatic rings. The average molecular weight is 358 g/mol. The monoisotopic (exact) mass is 358 g/mol. The van der Waals surface area contributed by atoms with Gasteiger partial charge in [-0.1, -0.05) is 0 Å². The van der Waals surface area contributed by atoms with Crippen LogP contribution in [-0.2, 0) is 9.53 Å². The highest BCUT2D eigenvalue weighted by molar-refractivity contribution is 5.98. The Balaban J connectivity index is 2.58. The summed E-state index contributed by atoms with van der Waals surface area (Å²) in [5.41, 5.74) is -0.493. The van der Waals surface area contributed by atoms with E-state index < -0.39 is 36.2 Å². The first kappa shape index (κ1) is 20.3. The largest absolute Gasteiger partial charge is 0.449 e. The lowest BCUT2D eigenvalue weighted by Gasteiger charge is -2.21. The van der Waals surface area contributed by atoms with Crippen LogP contribution in [0.5, 0.6) is 5.75 Å². The highest BCUT2D eigenvalue weighted by Crippen LogP contribution is 2.15. The molecule has 2 N–H and O–H groups in total. The number of imide groups is 1. The second kappa shape index (κ2) is 8.41. The first-order valence-corrected chi connectivity index (χ1v) is 7.37. The zero-order chi connectivity index (χ0) is 19.2. The second-order valence-electron chi connectivity index (χ2n) is 6.14. The van der Waals surface area contributed by atoms with E-state index in [4.69, 9.17) is 4.74 Å². The third-order valence-corrected chi connectivity index (χ3v) is 2.69. The normalized spacial score (nSPS) is 12.3. The number of benzene rings is 1. The van der Waals surface area contributed by atoms with Crippen LogP contribution in [0.15, 0.2) is 24.3 Å². The van der Waals surface area contributed by atoms with E-state index >= 15 is 0 Å². The molecule has 1 aromatic carbocycles. The van der Waals surface area contributed by atoms with Gasteiger partial charge in [0.25, 0.3) is 5.91 Å². The number of urea groups is 1. The Morgan fingerprint density at radius 2 is 1.64 bits per heavy atom. The Bertz CT molecular complexity index is 626. The van der Waals surface area contributed by atoms with Gasteiger partial charge in [-0.25, -0.2) is 9.59 Å². The fraction of sp³-hybridized carbons (Fsp3) is 0.438. The SMILES string of the molecule is CC(OC(=O)c1ccc(OC(F)F)cc1)C(=O)NC(=O)NC(C)(C)C. The van der Waals surface area contributed by atoms with Crippen LogP contribution in [0.4, 0.5) is 13.6 Å². The van der Waals surface area contributed by atoms with Crippen LogP contribution in [0.25, 0.3) is 0 Å². The predicted octanol–water partition coefficient (Wildman–Crippen LogP) is 2.46. The van der Waals surface area contributed by atoms with E-state index in [2.05, 4.69) is 15.4 Å². The molecule has 0 bridgehead atoms. The molecule has 0 spiro atoms. The van der Waals surface area contributed by atoms with E-state index in [1.54, 1.807) is 20.8 Å². The quantitative estimate of drug-likeness (QED) is 0.789. The zero-order valence-electron chi connectivity index (χ0n) is 14.3. The molecule has 0 aliphatic heterocycles. The first-order valence-electron chi connectivity index (χ1n) is 7.37. The zero-order valence-corrected chi connectivity index (χ0v) is 14.3. The third kappa shape index (κ3) is 7.60. The standard InChI is InChI=1S/C16H20F2N2O5/c1-9(12(21)19-15(23)20-16(2,3)4)24-13(22)10-5-7-11(8-6-10)25-14(17)18/h5-9,14H,1-4H3,(H2,19,20,21,23). The lowest BCUT2D eigenvalue weighted by atomic mass is 10.1. The van der Waals surface area contributed by atoms with Gasteiger partial charge in [0.05, 0.1) is 5.56 Å². The van der Waals surface area contributed by atoms with Gasteiger partial charge in [0.15, 0.2) is 6.10 Å². The molecule has 1 atom stereocenters. The second-order valence-corrected chi connectivity index (χ2v) is 6.14. The number of hydrogen-bond donors (Lipinski definition) is 2. The summed E-state index contributed by atoms with van der Waals surface area (Å²) in [5, 5.41) is 4.58. The van der Waals surface area contributed by atoms with Crippen molar-refractivity contribution in [3.63, 3.8) is 0 Å². The van der Waals surface area contributed by atoms with Gasteiger partial charge in [-0.15, -0.1) is 0 Å². The molecule has 7 nitrogen and oxygen atoms in total. The smallest absolute Gasteiger partial charge is 0.387 e. The van der Waals surface area contributed by atoms with E-state index in [0.717, 1.165) is 0 Å². The van der Waals surface area contributed by atoms with Crippen molar-refractivity contribution in [3.05, 3.63) is 29.8 Å². The van der Waals surface area contributed by atoms with Crippen molar-refractivity contribution >= 4 is 17.9 Å². The lowest BCUT2D eigenvalue weighted by Crippen LogP contribution is -2.50. The van der Waals surface area contributed by atoms with Crippen molar-refractivity contribution in [3.8, 4) is 5.75 Å². The molecule has 0 aliphatic carbocycles. The number of amides is 3. The minimum Gasteiger partial charge on any atom is -0.449 e. The molecule has 1 rings (SSSR count). The van der Waals surface area contributed by atoms with Crippen LogP contribution < -0.4 is 15.4 Å². The Hall–Kier alpha value is -2.71. The van der Waals surface area contributed by atoms with Gasteiger partial charge in [-0.2, -0.15) is 8.78 Å². The summed E-state index contributed by atoms with van der Waals surface area (Å²) in [6.45, 7) is 3.54. The number of rotatable bonds is 5. The summed E-state index contributed by atoms with van der Waals surface area (Å²) >= 11 is 0. The summed E-state index contributed by atoms with van der Waals surface area (Å²) < 4.78 is 33.2. The number of halogens is 2. The highest BCUT2D eigenvalue weighted by atomic mass is 19.3. The van der Waals surface area contributed by atoms with E-state index in [1.165, 1.54) is 31.2 Å². The topological polar surface area (TPSA) is 93.7 Å². The Kier molecular flexibility index (Phi) is 6.84. The maximum atomic E-state index is 12.1. The van der Waals surface area contributed by atoms with Crippen LogP contribution in [0.2, 0.25) is 0 Å². The van der Waals surface area contributed by atoms with Crippen molar-refractivity contribution in [2.24, 2.45) is 0 Å². The number of alkyl halides is 2. The predicted molar refractivity (Wildman–Crippen MR) is 84.4 cm³/mol. The molecule has 25 heavy (non-hydrogen) atoms. The lowest BCUT2D eigenvalue weighted by molar-refractivity contribution is -0.127. The molecule has 3 amide bonds. The van der Waals surface area contributed by atoms with Crippen molar-refractivity contribution < 1.29 is 32.6 Å². The van der Waals surface area contributed by atoms with Gasteiger partial charge in [0.2, 0.25) is 0 Å². The fourth-order valence-corrected chi connectivity index (χ4v) is 1.64. The van der Waals surface area contributed by atoms with Crippen LogP contribution in [0, 0.1) is 0 Å². The van der Waals surface area contributed by atoms with E-state index in [-0.39, 0.29) is 11.3 Å². The fourth-order valence-electron chi connectivity index (χ4n) is 1.64. The van der Waals surface area contributed by atoms with Gasteiger partial charge >= 0.3 is 18.6 Å². The van der Waals surface area contributed by atoms with E-state index in [1.807, 2.05) is 0 Å². The van der Waals surface area contributed by atoms with Gasteiger partial charge in [-0.05, 0) is 52.0 Å². The summed E-state index contributed by atoms with van der Waals surface area (Å²) in [5.74, 6) is -1.76. The van der Waals surface area contributed by atoms with Gasteiger partial charge < -0.3 is 14.8 Å². The third-order valence-electron chi connectivity index (χ3n) is 2.69. The summed E-state index contributed by atoms with van der Waals surface area (Å²) in [6, 6.07) is 4.07. The van der Waals surface area contributed by atoms with Crippen LogP contribution in [0.1, 0.15) is 38.1 Å². The van der Waals surface area contributed by atoms with Crippen LogP contribution in [0.3, 0.4) is 0 Å². The molecule has 0 fully saturated rings. The Morgan fingerprint density at radius 1 is 1.08 bits per heavy atom. The molecular weight excluding hydrogens is 338 g/mol. The van der Waals surface area contributed by atoms with Crippen molar-refractivity contribution in [2.45, 2.75) is 45.9 Å². The summed E-state index contributed by atoms with van der Waals surface area (Å²) in [4.78, 5) is 35.3. The summed E-state index contributed by atoms with van der Waals surface area (Å²) in [6.07, 6.45) is -1.23.